The highest BCUT2D eigenvalue weighted by molar-refractivity contribution is 7.99. The highest BCUT2D eigenvalue weighted by Crippen LogP contribution is 2.33. The number of thiophene rings is 1. The van der Waals surface area contributed by atoms with Gasteiger partial charge < -0.3 is 5.11 Å². The van der Waals surface area contributed by atoms with Crippen molar-refractivity contribution in [1.82, 2.24) is 9.55 Å². The van der Waals surface area contributed by atoms with Crippen molar-refractivity contribution in [2.75, 3.05) is 5.75 Å². The Labute approximate surface area is 171 Å². The van der Waals surface area contributed by atoms with E-state index in [1.54, 1.807) is 5.38 Å². The number of fused-ring (bicyclic) bond motifs is 1. The first kappa shape index (κ1) is 19.3. The Kier molecular flexibility index (Phi) is 5.16. The van der Waals surface area contributed by atoms with Gasteiger partial charge >= 0.3 is 5.97 Å². The lowest BCUT2D eigenvalue weighted by Crippen LogP contribution is -2.24. The molecule has 2 aromatic carbocycles. The Bertz CT molecular complexity index is 1270. The standard InChI is InChI=1S/C20H12F2N2O3S2/c21-13-7-4-8-14(22)17(13)24-19(27)16-12(11-5-2-1-3-6-11)9-28-18(16)23-20(24)29-10-15(25)26/h1-9H,10H2,(H,25,26). The number of carboxylic acids is 1. The summed E-state index contributed by atoms with van der Waals surface area (Å²) in [5.74, 6) is -3.44. The summed E-state index contributed by atoms with van der Waals surface area (Å²) in [6.45, 7) is 0. The number of para-hydroxylation sites is 1. The first-order chi connectivity index (χ1) is 14.0. The summed E-state index contributed by atoms with van der Waals surface area (Å²) in [5, 5.41) is 10.9. The van der Waals surface area contributed by atoms with Gasteiger partial charge in [-0.3, -0.25) is 9.59 Å². The lowest BCUT2D eigenvalue weighted by molar-refractivity contribution is -0.133. The number of aromatic nitrogens is 2. The minimum Gasteiger partial charge on any atom is -0.481 e. The zero-order valence-electron chi connectivity index (χ0n) is 14.6. The normalized spacial score (nSPS) is 11.1. The van der Waals surface area contributed by atoms with Crippen LogP contribution >= 0.6 is 23.1 Å². The van der Waals surface area contributed by atoms with Crippen LogP contribution in [0.15, 0.2) is 63.9 Å². The van der Waals surface area contributed by atoms with Gasteiger partial charge in [0.1, 0.15) is 22.2 Å². The number of hydrogen-bond donors (Lipinski definition) is 1. The predicted octanol–water partition coefficient (Wildman–Crippen LogP) is 4.57. The van der Waals surface area contributed by atoms with Crippen LogP contribution in [0.25, 0.3) is 27.0 Å². The van der Waals surface area contributed by atoms with E-state index in [1.165, 1.54) is 17.4 Å². The average Bonchev–Trinajstić information content (AvgIpc) is 3.13. The number of benzene rings is 2. The van der Waals surface area contributed by atoms with Gasteiger partial charge in [0.2, 0.25) is 0 Å². The van der Waals surface area contributed by atoms with Crippen molar-refractivity contribution in [3.05, 3.63) is 75.9 Å². The van der Waals surface area contributed by atoms with Crippen LogP contribution in [0.1, 0.15) is 0 Å². The maximum absolute atomic E-state index is 14.5. The van der Waals surface area contributed by atoms with Crippen molar-refractivity contribution in [2.45, 2.75) is 5.16 Å². The highest BCUT2D eigenvalue weighted by Gasteiger charge is 2.22. The molecule has 2 heterocycles. The van der Waals surface area contributed by atoms with Crippen LogP contribution in [-0.4, -0.2) is 26.4 Å². The van der Waals surface area contributed by atoms with Crippen LogP contribution in [0.4, 0.5) is 8.78 Å². The number of carboxylic acid groups (broad SMARTS) is 1. The molecule has 0 bridgehead atoms. The Morgan fingerprint density at radius 3 is 2.45 bits per heavy atom. The molecule has 4 aromatic rings. The van der Waals surface area contributed by atoms with Crippen molar-refractivity contribution in [3.8, 4) is 16.8 Å². The third-order valence-corrected chi connectivity index (χ3v) is 5.94. The maximum Gasteiger partial charge on any atom is 0.313 e. The number of carbonyl (C=O) groups is 1. The largest absolute Gasteiger partial charge is 0.481 e. The summed E-state index contributed by atoms with van der Waals surface area (Å²) >= 11 is 1.94. The quantitative estimate of drug-likeness (QED) is 0.371. The molecule has 0 unspecified atom stereocenters. The third kappa shape index (κ3) is 3.54. The van der Waals surface area contributed by atoms with Gasteiger partial charge in [0, 0.05) is 10.9 Å². The molecule has 9 heteroatoms. The second-order valence-corrected chi connectivity index (χ2v) is 7.78. The maximum atomic E-state index is 14.5. The second kappa shape index (κ2) is 7.76. The fourth-order valence-corrected chi connectivity index (χ4v) is 4.63. The fourth-order valence-electron chi connectivity index (χ4n) is 2.93. The molecule has 29 heavy (non-hydrogen) atoms. The topological polar surface area (TPSA) is 72.2 Å². The number of thioether (sulfide) groups is 1. The molecule has 4 rings (SSSR count). The van der Waals surface area contributed by atoms with E-state index < -0.39 is 34.6 Å². The lowest BCUT2D eigenvalue weighted by Gasteiger charge is -2.13. The van der Waals surface area contributed by atoms with Crippen LogP contribution in [-0.2, 0) is 4.79 Å². The molecule has 0 amide bonds. The molecular weight excluding hydrogens is 418 g/mol. The minimum absolute atomic E-state index is 0.0876. The van der Waals surface area contributed by atoms with Crippen molar-refractivity contribution in [1.29, 1.82) is 0 Å². The Morgan fingerprint density at radius 2 is 1.79 bits per heavy atom. The smallest absolute Gasteiger partial charge is 0.313 e. The Balaban J connectivity index is 2.05. The second-order valence-electron chi connectivity index (χ2n) is 5.98. The van der Waals surface area contributed by atoms with E-state index in [2.05, 4.69) is 4.98 Å². The molecule has 0 aliphatic heterocycles. The minimum atomic E-state index is -1.14. The number of nitrogens with zero attached hydrogens (tertiary/aromatic N) is 2. The average molecular weight is 430 g/mol. The van der Waals surface area contributed by atoms with Crippen molar-refractivity contribution < 1.29 is 18.7 Å². The molecule has 0 saturated heterocycles. The van der Waals surface area contributed by atoms with Gasteiger partial charge in [-0.15, -0.1) is 11.3 Å². The van der Waals surface area contributed by atoms with E-state index in [4.69, 9.17) is 5.11 Å². The molecule has 0 saturated carbocycles. The zero-order valence-corrected chi connectivity index (χ0v) is 16.3. The van der Waals surface area contributed by atoms with E-state index >= 15 is 0 Å². The van der Waals surface area contributed by atoms with Gasteiger partial charge in [-0.2, -0.15) is 0 Å². The molecule has 0 atom stereocenters. The van der Waals surface area contributed by atoms with Gasteiger partial charge in [-0.1, -0.05) is 48.2 Å². The first-order valence-corrected chi connectivity index (χ1v) is 10.2. The summed E-state index contributed by atoms with van der Waals surface area (Å²) in [6, 6.07) is 12.4. The van der Waals surface area contributed by atoms with E-state index in [0.29, 0.717) is 10.4 Å². The number of aliphatic carboxylic acids is 1. The van der Waals surface area contributed by atoms with Gasteiger partial charge in [-0.25, -0.2) is 18.3 Å². The highest BCUT2D eigenvalue weighted by atomic mass is 32.2. The third-order valence-electron chi connectivity index (χ3n) is 4.15. The molecule has 1 N–H and O–H groups in total. The van der Waals surface area contributed by atoms with Crippen LogP contribution < -0.4 is 5.56 Å². The van der Waals surface area contributed by atoms with E-state index in [9.17, 15) is 18.4 Å². The molecule has 0 aliphatic carbocycles. The monoisotopic (exact) mass is 430 g/mol. The molecule has 146 valence electrons. The van der Waals surface area contributed by atoms with Crippen LogP contribution in [0, 0.1) is 11.6 Å². The molecule has 0 fully saturated rings. The van der Waals surface area contributed by atoms with Gasteiger partial charge in [0.05, 0.1) is 11.1 Å². The SMILES string of the molecule is O=C(O)CSc1nc2scc(-c3ccccc3)c2c(=O)n1-c1c(F)cccc1F. The molecule has 0 aliphatic rings. The zero-order chi connectivity index (χ0) is 20.5. The molecule has 0 spiro atoms. The van der Waals surface area contributed by atoms with E-state index in [0.717, 1.165) is 34.0 Å². The van der Waals surface area contributed by atoms with Gasteiger partial charge in [-0.05, 0) is 17.7 Å². The van der Waals surface area contributed by atoms with Gasteiger partial charge in [0.15, 0.2) is 5.16 Å². The predicted molar refractivity (Wildman–Crippen MR) is 109 cm³/mol. The number of halogens is 2. The van der Waals surface area contributed by atoms with E-state index in [-0.39, 0.29) is 10.5 Å². The lowest BCUT2D eigenvalue weighted by atomic mass is 10.1. The van der Waals surface area contributed by atoms with Crippen molar-refractivity contribution in [3.63, 3.8) is 0 Å². The van der Waals surface area contributed by atoms with Crippen LogP contribution in [0.2, 0.25) is 0 Å². The molecular formula is C20H12F2N2O3S2. The summed E-state index contributed by atoms with van der Waals surface area (Å²) in [6.07, 6.45) is 0. The molecule has 5 nitrogen and oxygen atoms in total. The van der Waals surface area contributed by atoms with E-state index in [1.807, 2.05) is 30.3 Å². The molecule has 0 radical (unpaired) electrons. The van der Waals surface area contributed by atoms with Gasteiger partial charge in [0.25, 0.3) is 5.56 Å². The number of rotatable bonds is 5. The summed E-state index contributed by atoms with van der Waals surface area (Å²) < 4.78 is 29.8. The Hall–Kier alpha value is -3.04. The number of hydrogen-bond acceptors (Lipinski definition) is 5. The van der Waals surface area contributed by atoms with Crippen molar-refractivity contribution in [2.24, 2.45) is 0 Å². The van der Waals surface area contributed by atoms with Crippen LogP contribution in [0.3, 0.4) is 0 Å². The first-order valence-electron chi connectivity index (χ1n) is 8.36. The van der Waals surface area contributed by atoms with Crippen molar-refractivity contribution >= 4 is 39.3 Å². The summed E-state index contributed by atoms with van der Waals surface area (Å²) in [5.41, 5.74) is 0.129. The summed E-state index contributed by atoms with van der Waals surface area (Å²) in [4.78, 5) is 29.1. The Morgan fingerprint density at radius 1 is 1.10 bits per heavy atom. The van der Waals surface area contributed by atoms with Crippen LogP contribution in [0.5, 0.6) is 0 Å². The molecule has 2 aromatic heterocycles. The summed E-state index contributed by atoms with van der Waals surface area (Å²) in [7, 11) is 0. The fraction of sp³-hybridized carbons (Fsp3) is 0.0500.